The second kappa shape index (κ2) is 8.62. The summed E-state index contributed by atoms with van der Waals surface area (Å²) in [6.07, 6.45) is 3.87. The minimum absolute atomic E-state index is 0.206. The molecule has 5 rings (SSSR count). The summed E-state index contributed by atoms with van der Waals surface area (Å²) in [5, 5.41) is 9.31. The number of hydrogen-bond donors (Lipinski definition) is 1. The molecule has 4 nitrogen and oxygen atoms in total. The Morgan fingerprint density at radius 3 is 1.87 bits per heavy atom. The van der Waals surface area contributed by atoms with E-state index in [4.69, 9.17) is 4.98 Å². The molecule has 2 aromatic heterocycles. The minimum atomic E-state index is 0.206. The molecule has 0 saturated heterocycles. The third-order valence-corrected chi connectivity index (χ3v) is 5.63. The van der Waals surface area contributed by atoms with Crippen molar-refractivity contribution in [2.75, 3.05) is 6.61 Å². The number of benzene rings is 3. The zero-order valence-electron chi connectivity index (χ0n) is 17.4. The molecule has 1 N–H and O–H groups in total. The van der Waals surface area contributed by atoms with E-state index in [1.165, 1.54) is 0 Å². The smallest absolute Gasteiger partial charge is 0.215 e. The van der Waals surface area contributed by atoms with Crippen LogP contribution in [0.4, 0.5) is 0 Å². The predicted octanol–water partition coefficient (Wildman–Crippen LogP) is 5.91. The summed E-state index contributed by atoms with van der Waals surface area (Å²) in [7, 11) is 0. The van der Waals surface area contributed by atoms with E-state index in [0.717, 1.165) is 58.9 Å². The first-order chi connectivity index (χ1) is 15.4. The van der Waals surface area contributed by atoms with Gasteiger partial charge < -0.3 is 9.67 Å². The van der Waals surface area contributed by atoms with Crippen LogP contribution in [0.2, 0.25) is 0 Å². The van der Waals surface area contributed by atoms with Crippen molar-refractivity contribution in [2.45, 2.75) is 19.4 Å². The molecule has 0 fully saturated rings. The van der Waals surface area contributed by atoms with Gasteiger partial charge in [-0.25, -0.2) is 4.98 Å². The molecule has 0 radical (unpaired) electrons. The Bertz CT molecular complexity index is 1270. The first-order valence-electron chi connectivity index (χ1n) is 10.8. The fraction of sp³-hybridized carbons (Fsp3) is 0.148. The van der Waals surface area contributed by atoms with E-state index < -0.39 is 0 Å². The van der Waals surface area contributed by atoms with Crippen LogP contribution in [-0.4, -0.2) is 25.7 Å². The fourth-order valence-electron chi connectivity index (χ4n) is 4.14. The number of imidazole rings is 2. The van der Waals surface area contributed by atoms with Crippen LogP contribution in [0.5, 0.6) is 0 Å². The van der Waals surface area contributed by atoms with E-state index in [0.29, 0.717) is 0 Å². The molecule has 0 aliphatic rings. The first-order valence-corrected chi connectivity index (χ1v) is 10.8. The van der Waals surface area contributed by atoms with Crippen LogP contribution in [0.3, 0.4) is 0 Å². The van der Waals surface area contributed by atoms with Crippen molar-refractivity contribution in [2.24, 2.45) is 0 Å². The Kier molecular flexibility index (Phi) is 5.38. The van der Waals surface area contributed by atoms with Gasteiger partial charge in [0.1, 0.15) is 0 Å². The van der Waals surface area contributed by atoms with E-state index >= 15 is 0 Å². The highest BCUT2D eigenvalue weighted by Crippen LogP contribution is 2.35. The summed E-state index contributed by atoms with van der Waals surface area (Å²) in [5.41, 5.74) is 6.63. The van der Waals surface area contributed by atoms with Crippen LogP contribution in [-0.2, 0) is 6.54 Å². The van der Waals surface area contributed by atoms with Gasteiger partial charge in [0.2, 0.25) is 5.78 Å². The van der Waals surface area contributed by atoms with Crippen LogP contribution >= 0.6 is 0 Å². The normalized spacial score (nSPS) is 11.3. The van der Waals surface area contributed by atoms with Crippen molar-refractivity contribution in [1.82, 2.24) is 14.0 Å². The molecule has 0 aliphatic carbocycles. The summed E-state index contributed by atoms with van der Waals surface area (Å²) >= 11 is 0. The van der Waals surface area contributed by atoms with Gasteiger partial charge in [0.05, 0.1) is 17.1 Å². The zero-order chi connectivity index (χ0) is 21.0. The van der Waals surface area contributed by atoms with Crippen LogP contribution in [0, 0.1) is 0 Å². The molecule has 2 heterocycles. The van der Waals surface area contributed by atoms with E-state index in [1.54, 1.807) is 0 Å². The van der Waals surface area contributed by atoms with Gasteiger partial charge in [-0.15, -0.1) is 0 Å². The highest BCUT2D eigenvalue weighted by Gasteiger charge is 2.21. The monoisotopic (exact) mass is 407 g/mol. The average Bonchev–Trinajstić information content (AvgIpc) is 3.38. The van der Waals surface area contributed by atoms with Crippen molar-refractivity contribution in [3.8, 4) is 33.8 Å². The molecule has 0 saturated carbocycles. The van der Waals surface area contributed by atoms with Crippen LogP contribution in [0.15, 0.2) is 97.2 Å². The van der Waals surface area contributed by atoms with Crippen molar-refractivity contribution in [3.63, 3.8) is 0 Å². The molecular weight excluding hydrogens is 382 g/mol. The van der Waals surface area contributed by atoms with E-state index in [1.807, 2.05) is 18.2 Å². The van der Waals surface area contributed by atoms with Gasteiger partial charge in [-0.2, -0.15) is 0 Å². The van der Waals surface area contributed by atoms with E-state index in [2.05, 4.69) is 88.0 Å². The highest BCUT2D eigenvalue weighted by atomic mass is 16.2. The number of aliphatic hydroxyl groups excluding tert-OH is 1. The lowest BCUT2D eigenvalue weighted by molar-refractivity contribution is 0.281. The number of hydrogen-bond acceptors (Lipinski definition) is 2. The molecule has 0 amide bonds. The molecule has 0 bridgehead atoms. The number of unbranched alkanes of at least 4 members (excludes halogenated alkanes) is 1. The average molecular weight is 408 g/mol. The summed E-state index contributed by atoms with van der Waals surface area (Å²) in [5.74, 6) is 0.925. The maximum atomic E-state index is 9.31. The maximum absolute atomic E-state index is 9.31. The standard InChI is InChI=1S/C27H25N3O/c31-19-11-10-18-29-24(21-12-4-1-5-13-21)20-30-26(23-16-8-3-9-17-23)25(28-27(29)30)22-14-6-2-7-15-22/h1-9,12-17,20,31H,10-11,18-19H2. The maximum Gasteiger partial charge on any atom is 0.215 e. The SMILES string of the molecule is OCCCCn1c(-c2ccccc2)cn2c(-c3ccccc3)c(-c3ccccc3)nc12. The van der Waals surface area contributed by atoms with Gasteiger partial charge >= 0.3 is 0 Å². The molecule has 3 aromatic carbocycles. The summed E-state index contributed by atoms with van der Waals surface area (Å²) < 4.78 is 4.50. The van der Waals surface area contributed by atoms with Crippen LogP contribution in [0.25, 0.3) is 39.5 Å². The topological polar surface area (TPSA) is 42.5 Å². The zero-order valence-corrected chi connectivity index (χ0v) is 17.4. The third kappa shape index (κ3) is 3.66. The van der Waals surface area contributed by atoms with E-state index in [-0.39, 0.29) is 6.61 Å². The lowest BCUT2D eigenvalue weighted by Gasteiger charge is -2.08. The van der Waals surface area contributed by atoms with Crippen molar-refractivity contribution < 1.29 is 5.11 Å². The lowest BCUT2D eigenvalue weighted by Crippen LogP contribution is -2.02. The molecule has 0 unspecified atom stereocenters. The molecular formula is C27H25N3O. The highest BCUT2D eigenvalue weighted by molar-refractivity contribution is 5.82. The van der Waals surface area contributed by atoms with Crippen molar-refractivity contribution >= 4 is 5.78 Å². The van der Waals surface area contributed by atoms with Crippen molar-refractivity contribution in [3.05, 3.63) is 97.2 Å². The quantitative estimate of drug-likeness (QED) is 0.341. The predicted molar refractivity (Wildman–Crippen MR) is 126 cm³/mol. The summed E-state index contributed by atoms with van der Waals surface area (Å²) in [6, 6.07) is 31.3. The number of aryl methyl sites for hydroxylation is 1. The van der Waals surface area contributed by atoms with E-state index in [9.17, 15) is 5.11 Å². The Morgan fingerprint density at radius 2 is 1.26 bits per heavy atom. The number of aliphatic hydroxyl groups is 1. The third-order valence-electron chi connectivity index (χ3n) is 5.63. The van der Waals surface area contributed by atoms with Crippen molar-refractivity contribution in [1.29, 1.82) is 0 Å². The fourth-order valence-corrected chi connectivity index (χ4v) is 4.14. The molecule has 31 heavy (non-hydrogen) atoms. The summed E-state index contributed by atoms with van der Waals surface area (Å²) in [6.45, 7) is 1.01. The molecule has 0 spiro atoms. The van der Waals surface area contributed by atoms with Gasteiger partial charge in [0.25, 0.3) is 0 Å². The largest absolute Gasteiger partial charge is 0.396 e. The first kappa shape index (κ1) is 19.3. The molecule has 4 heteroatoms. The van der Waals surface area contributed by atoms with Crippen LogP contribution < -0.4 is 0 Å². The minimum Gasteiger partial charge on any atom is -0.396 e. The summed E-state index contributed by atoms with van der Waals surface area (Å²) in [4.78, 5) is 5.15. The van der Waals surface area contributed by atoms with Gasteiger partial charge in [-0.05, 0) is 18.4 Å². The lowest BCUT2D eigenvalue weighted by atomic mass is 10.0. The number of rotatable bonds is 7. The van der Waals surface area contributed by atoms with Gasteiger partial charge in [0, 0.05) is 30.5 Å². The Labute approximate surface area is 182 Å². The molecule has 154 valence electrons. The van der Waals surface area contributed by atoms with Crippen LogP contribution in [0.1, 0.15) is 12.8 Å². The molecule has 0 aliphatic heterocycles. The molecule has 5 aromatic rings. The number of aromatic nitrogens is 3. The molecule has 0 atom stereocenters. The number of nitrogens with zero attached hydrogens (tertiary/aromatic N) is 3. The van der Waals surface area contributed by atoms with Gasteiger partial charge in [-0.1, -0.05) is 91.0 Å². The Balaban J connectivity index is 1.77. The van der Waals surface area contributed by atoms with Gasteiger partial charge in [-0.3, -0.25) is 4.40 Å². The second-order valence-corrected chi connectivity index (χ2v) is 7.67. The Hall–Kier alpha value is -3.63. The van der Waals surface area contributed by atoms with Gasteiger partial charge in [0.15, 0.2) is 0 Å². The Morgan fingerprint density at radius 1 is 0.677 bits per heavy atom. The number of fused-ring (bicyclic) bond motifs is 1. The second-order valence-electron chi connectivity index (χ2n) is 7.67.